The van der Waals surface area contributed by atoms with Crippen molar-refractivity contribution in [3.63, 3.8) is 0 Å². The number of nitrogens with one attached hydrogen (secondary N) is 1. The molecular weight excluding hydrogens is 396 g/mol. The summed E-state index contributed by atoms with van der Waals surface area (Å²) < 4.78 is 5.26. The van der Waals surface area contributed by atoms with Crippen LogP contribution in [0.4, 0.5) is 10.5 Å². The van der Waals surface area contributed by atoms with Gasteiger partial charge in [-0.15, -0.1) is 0 Å². The third kappa shape index (κ3) is 5.25. The van der Waals surface area contributed by atoms with Gasteiger partial charge in [0.1, 0.15) is 0 Å². The molecule has 1 aromatic carbocycles. The van der Waals surface area contributed by atoms with E-state index in [1.165, 1.54) is 0 Å². The summed E-state index contributed by atoms with van der Waals surface area (Å²) in [6.45, 7) is 3.99. The summed E-state index contributed by atoms with van der Waals surface area (Å²) in [7, 11) is 0. The van der Waals surface area contributed by atoms with Crippen LogP contribution in [0.1, 0.15) is 17.9 Å². The first-order valence-electron chi connectivity index (χ1n) is 10.2. The van der Waals surface area contributed by atoms with Gasteiger partial charge in [-0.2, -0.15) is 4.98 Å². The van der Waals surface area contributed by atoms with Crippen LogP contribution in [-0.4, -0.2) is 63.0 Å². The highest BCUT2D eigenvalue weighted by Crippen LogP contribution is 2.16. The Morgan fingerprint density at radius 3 is 2.55 bits per heavy atom. The van der Waals surface area contributed by atoms with Crippen molar-refractivity contribution < 1.29 is 14.1 Å². The largest absolute Gasteiger partial charge is 0.339 e. The molecule has 0 aliphatic carbocycles. The fraction of sp³-hybridized carbons (Fsp3) is 0.318. The Morgan fingerprint density at radius 1 is 1.06 bits per heavy atom. The monoisotopic (exact) mass is 420 g/mol. The van der Waals surface area contributed by atoms with E-state index in [0.29, 0.717) is 44.3 Å². The molecule has 0 bridgehead atoms. The quantitative estimate of drug-likeness (QED) is 0.681. The van der Waals surface area contributed by atoms with Gasteiger partial charge in [-0.25, -0.2) is 4.79 Å². The Labute approximate surface area is 180 Å². The zero-order valence-corrected chi connectivity index (χ0v) is 17.3. The zero-order chi connectivity index (χ0) is 21.6. The molecule has 160 valence electrons. The summed E-state index contributed by atoms with van der Waals surface area (Å²) in [4.78, 5) is 36.8. The number of nitrogens with zero attached hydrogens (tertiary/aromatic N) is 5. The van der Waals surface area contributed by atoms with Crippen molar-refractivity contribution in [1.29, 1.82) is 0 Å². The van der Waals surface area contributed by atoms with Crippen molar-refractivity contribution >= 4 is 17.6 Å². The molecule has 1 aliphatic rings. The standard InChI is InChI=1S/C22H24N6O3/c1-16-3-2-4-18(15-16)24-22(30)28-13-11-27(12-14-28)20(29)6-5-19-25-21(26-31-19)17-7-9-23-10-8-17/h2-4,7-10,15H,5-6,11-14H2,1H3,(H,24,30). The van der Waals surface area contributed by atoms with E-state index >= 15 is 0 Å². The Hall–Kier alpha value is -3.75. The number of amides is 3. The second-order valence-corrected chi connectivity index (χ2v) is 7.42. The van der Waals surface area contributed by atoms with Crippen LogP contribution in [0.15, 0.2) is 53.3 Å². The first-order chi connectivity index (χ1) is 15.1. The molecular formula is C22H24N6O3. The fourth-order valence-electron chi connectivity index (χ4n) is 3.43. The van der Waals surface area contributed by atoms with Crippen molar-refractivity contribution in [3.05, 3.63) is 60.2 Å². The van der Waals surface area contributed by atoms with E-state index in [2.05, 4.69) is 20.4 Å². The van der Waals surface area contributed by atoms with Gasteiger partial charge in [-0.3, -0.25) is 9.78 Å². The maximum Gasteiger partial charge on any atom is 0.321 e. The van der Waals surface area contributed by atoms with Crippen LogP contribution < -0.4 is 5.32 Å². The molecule has 1 aliphatic heterocycles. The van der Waals surface area contributed by atoms with Crippen LogP contribution in [-0.2, 0) is 11.2 Å². The topological polar surface area (TPSA) is 104 Å². The van der Waals surface area contributed by atoms with Gasteiger partial charge >= 0.3 is 6.03 Å². The van der Waals surface area contributed by atoms with Gasteiger partial charge in [0.15, 0.2) is 0 Å². The number of aryl methyl sites for hydroxylation is 2. The van der Waals surface area contributed by atoms with Crippen molar-refractivity contribution in [2.24, 2.45) is 0 Å². The van der Waals surface area contributed by atoms with Crippen LogP contribution in [0, 0.1) is 6.92 Å². The molecule has 9 nitrogen and oxygen atoms in total. The Morgan fingerprint density at radius 2 is 1.81 bits per heavy atom. The Kier molecular flexibility index (Phi) is 6.21. The number of carbonyl (C=O) groups is 2. The van der Waals surface area contributed by atoms with Crippen LogP contribution in [0.3, 0.4) is 0 Å². The number of benzene rings is 1. The summed E-state index contributed by atoms with van der Waals surface area (Å²) in [5, 5.41) is 6.87. The predicted molar refractivity (Wildman–Crippen MR) is 114 cm³/mol. The Balaban J connectivity index is 1.23. The summed E-state index contributed by atoms with van der Waals surface area (Å²) in [5.74, 6) is 0.928. The van der Waals surface area contributed by atoms with E-state index in [4.69, 9.17) is 4.52 Å². The molecule has 0 atom stereocenters. The highest BCUT2D eigenvalue weighted by molar-refractivity contribution is 5.89. The summed E-state index contributed by atoms with van der Waals surface area (Å²) in [6.07, 6.45) is 3.99. The SMILES string of the molecule is Cc1cccc(NC(=O)N2CCN(C(=O)CCc3nc(-c4ccncc4)no3)CC2)c1. The third-order valence-corrected chi connectivity index (χ3v) is 5.15. The van der Waals surface area contributed by atoms with E-state index < -0.39 is 0 Å². The predicted octanol–water partition coefficient (Wildman–Crippen LogP) is 2.75. The average molecular weight is 420 g/mol. The maximum atomic E-state index is 12.6. The zero-order valence-electron chi connectivity index (χ0n) is 17.3. The van der Waals surface area contributed by atoms with Crippen LogP contribution in [0.25, 0.3) is 11.4 Å². The van der Waals surface area contributed by atoms with Crippen molar-refractivity contribution in [2.45, 2.75) is 19.8 Å². The average Bonchev–Trinajstić information content (AvgIpc) is 3.27. The third-order valence-electron chi connectivity index (χ3n) is 5.15. The minimum absolute atomic E-state index is 0.0161. The molecule has 4 rings (SSSR count). The van der Waals surface area contributed by atoms with Crippen molar-refractivity contribution in [3.8, 4) is 11.4 Å². The first-order valence-corrected chi connectivity index (χ1v) is 10.2. The fourth-order valence-corrected chi connectivity index (χ4v) is 3.43. The minimum atomic E-state index is -0.146. The number of hydrogen-bond acceptors (Lipinski definition) is 6. The molecule has 1 N–H and O–H groups in total. The van der Waals surface area contributed by atoms with Gasteiger partial charge in [-0.05, 0) is 36.8 Å². The number of carbonyl (C=O) groups excluding carboxylic acids is 2. The molecule has 3 aromatic rings. The summed E-state index contributed by atoms with van der Waals surface area (Å²) in [6, 6.07) is 11.1. The van der Waals surface area contributed by atoms with Gasteiger partial charge < -0.3 is 19.6 Å². The summed E-state index contributed by atoms with van der Waals surface area (Å²) in [5.41, 5.74) is 2.67. The lowest BCUT2D eigenvalue weighted by Crippen LogP contribution is -2.51. The smallest absolute Gasteiger partial charge is 0.321 e. The normalized spacial score (nSPS) is 13.8. The highest BCUT2D eigenvalue weighted by atomic mass is 16.5. The number of hydrogen-bond donors (Lipinski definition) is 1. The molecule has 0 saturated carbocycles. The number of rotatable bonds is 5. The van der Waals surface area contributed by atoms with Crippen LogP contribution in [0.2, 0.25) is 0 Å². The molecule has 1 fully saturated rings. The highest BCUT2D eigenvalue weighted by Gasteiger charge is 2.24. The molecule has 0 radical (unpaired) electrons. The maximum absolute atomic E-state index is 12.6. The van der Waals surface area contributed by atoms with E-state index in [1.54, 1.807) is 34.3 Å². The molecule has 0 unspecified atom stereocenters. The first kappa shape index (κ1) is 20.5. The number of anilines is 1. The molecule has 2 aromatic heterocycles. The van der Waals surface area contributed by atoms with E-state index in [9.17, 15) is 9.59 Å². The number of aromatic nitrogens is 3. The van der Waals surface area contributed by atoms with E-state index in [0.717, 1.165) is 16.8 Å². The lowest BCUT2D eigenvalue weighted by atomic mass is 10.2. The molecule has 3 heterocycles. The molecule has 3 amide bonds. The van der Waals surface area contributed by atoms with Gasteiger partial charge in [-0.1, -0.05) is 17.3 Å². The van der Waals surface area contributed by atoms with Crippen molar-refractivity contribution in [2.75, 3.05) is 31.5 Å². The summed E-state index contributed by atoms with van der Waals surface area (Å²) >= 11 is 0. The van der Waals surface area contributed by atoms with Crippen LogP contribution in [0.5, 0.6) is 0 Å². The van der Waals surface area contributed by atoms with Gasteiger partial charge in [0.05, 0.1) is 0 Å². The van der Waals surface area contributed by atoms with E-state index in [-0.39, 0.29) is 18.4 Å². The minimum Gasteiger partial charge on any atom is -0.339 e. The van der Waals surface area contributed by atoms with Crippen LogP contribution >= 0.6 is 0 Å². The van der Waals surface area contributed by atoms with Gasteiger partial charge in [0.25, 0.3) is 0 Å². The number of piperazine rings is 1. The Bertz CT molecular complexity index is 1040. The number of urea groups is 1. The molecule has 1 saturated heterocycles. The van der Waals surface area contributed by atoms with Gasteiger partial charge in [0, 0.05) is 62.7 Å². The van der Waals surface area contributed by atoms with Crippen molar-refractivity contribution in [1.82, 2.24) is 24.9 Å². The molecule has 0 spiro atoms. The molecule has 31 heavy (non-hydrogen) atoms. The second kappa shape index (κ2) is 9.38. The lowest BCUT2D eigenvalue weighted by Gasteiger charge is -2.34. The molecule has 9 heteroatoms. The van der Waals surface area contributed by atoms with Gasteiger partial charge in [0.2, 0.25) is 17.6 Å². The second-order valence-electron chi connectivity index (χ2n) is 7.42. The lowest BCUT2D eigenvalue weighted by molar-refractivity contribution is -0.132. The number of pyridine rings is 1. The van der Waals surface area contributed by atoms with E-state index in [1.807, 2.05) is 31.2 Å².